The number of rotatable bonds is 1. The van der Waals surface area contributed by atoms with Crippen LogP contribution in [0.2, 0.25) is 0 Å². The summed E-state index contributed by atoms with van der Waals surface area (Å²) in [5.41, 5.74) is 11.3. The Morgan fingerprint density at radius 3 is 2.62 bits per heavy atom. The lowest BCUT2D eigenvalue weighted by atomic mass is 10.1. The largest absolute Gasteiger partial charge is 0.390 e. The Hall–Kier alpha value is -2.92. The number of fused-ring (bicyclic) bond motifs is 3. The van der Waals surface area contributed by atoms with Gasteiger partial charge in [0.15, 0.2) is 0 Å². The second kappa shape index (κ2) is 4.29. The van der Waals surface area contributed by atoms with Crippen LogP contribution in [0, 0.1) is 19.1 Å². The van der Waals surface area contributed by atoms with E-state index in [-0.39, 0.29) is 0 Å². The van der Waals surface area contributed by atoms with Crippen molar-refractivity contribution in [1.82, 2.24) is 4.57 Å². The molecule has 2 N–H and O–H groups in total. The highest BCUT2D eigenvalue weighted by molar-refractivity contribution is 6.12. The number of nitrogens with zero attached hydrogens (tertiary/aromatic N) is 1. The number of aryl methyl sites for hydroxylation is 1. The molecule has 1 heterocycles. The van der Waals surface area contributed by atoms with Gasteiger partial charge in [-0.15, -0.1) is 0 Å². The van der Waals surface area contributed by atoms with Crippen LogP contribution in [0.3, 0.4) is 0 Å². The fourth-order valence-corrected chi connectivity index (χ4v) is 2.92. The standard InChI is InChI=1S/C19H14N2/c1-13-10-11-15-16-8-5-9-17(20)19(16)21(18(15)12-13)14-6-3-2-4-7-14/h2-4,6-8,10-12H,20H2,1H3. The molecule has 1 aromatic heterocycles. The molecule has 0 bridgehead atoms. The smallest absolute Gasteiger partial charge is 0.108 e. The van der Waals surface area contributed by atoms with Crippen molar-refractivity contribution >= 4 is 27.5 Å². The van der Waals surface area contributed by atoms with Crippen LogP contribution in [0.25, 0.3) is 27.5 Å². The van der Waals surface area contributed by atoms with Crippen molar-refractivity contribution in [2.75, 3.05) is 5.73 Å². The minimum atomic E-state index is 0.630. The van der Waals surface area contributed by atoms with Crippen molar-refractivity contribution < 1.29 is 0 Å². The van der Waals surface area contributed by atoms with E-state index < -0.39 is 0 Å². The molecule has 4 aromatic rings. The zero-order valence-electron chi connectivity index (χ0n) is 11.7. The zero-order valence-corrected chi connectivity index (χ0v) is 11.7. The molecule has 21 heavy (non-hydrogen) atoms. The lowest BCUT2D eigenvalue weighted by Gasteiger charge is -2.08. The maximum atomic E-state index is 6.19. The molecule has 2 heteroatoms. The monoisotopic (exact) mass is 270 g/mol. The molecular formula is C19H14N2. The zero-order chi connectivity index (χ0) is 14.4. The van der Waals surface area contributed by atoms with E-state index in [4.69, 9.17) is 5.73 Å². The number of benzene rings is 2. The highest BCUT2D eigenvalue weighted by Crippen LogP contribution is 2.34. The highest BCUT2D eigenvalue weighted by Gasteiger charge is 2.13. The molecule has 4 rings (SSSR count). The first-order chi connectivity index (χ1) is 10.3. The van der Waals surface area contributed by atoms with Gasteiger partial charge >= 0.3 is 0 Å². The van der Waals surface area contributed by atoms with Gasteiger partial charge in [-0.25, -0.2) is 0 Å². The molecule has 3 aromatic carbocycles. The van der Waals surface area contributed by atoms with Gasteiger partial charge in [-0.1, -0.05) is 36.4 Å². The van der Waals surface area contributed by atoms with E-state index >= 15 is 0 Å². The van der Waals surface area contributed by atoms with E-state index in [2.05, 4.69) is 54.0 Å². The summed E-state index contributed by atoms with van der Waals surface area (Å²) in [6.45, 7) is 2.11. The number of hydrogen-bond acceptors (Lipinski definition) is 1. The molecule has 0 aliphatic rings. The molecule has 0 amide bonds. The molecule has 2 nitrogen and oxygen atoms in total. The summed E-state index contributed by atoms with van der Waals surface area (Å²) in [6, 6.07) is 24.7. The SMILES string of the molecule is Cc1ccc2c3cc#cc(N)c3n(-c3ccccc3)c2c1. The summed E-state index contributed by atoms with van der Waals surface area (Å²) in [4.78, 5) is 0. The van der Waals surface area contributed by atoms with Gasteiger partial charge in [0.1, 0.15) is 5.69 Å². The number of para-hydroxylation sites is 1. The average Bonchev–Trinajstić information content (AvgIpc) is 2.83. The summed E-state index contributed by atoms with van der Waals surface area (Å²) < 4.78 is 2.21. The van der Waals surface area contributed by atoms with Crippen LogP contribution in [0.15, 0.2) is 54.6 Å². The number of nitrogens with two attached hydrogens (primary N) is 1. The Balaban J connectivity index is 2.27. The van der Waals surface area contributed by atoms with E-state index in [0.29, 0.717) is 5.69 Å². The predicted molar refractivity (Wildman–Crippen MR) is 87.6 cm³/mol. The van der Waals surface area contributed by atoms with Gasteiger partial charge in [-0.3, -0.25) is 0 Å². The van der Waals surface area contributed by atoms with Gasteiger partial charge in [-0.2, -0.15) is 0 Å². The third-order valence-electron chi connectivity index (χ3n) is 3.86. The quantitative estimate of drug-likeness (QED) is 0.550. The van der Waals surface area contributed by atoms with E-state index in [1.807, 2.05) is 24.3 Å². The van der Waals surface area contributed by atoms with Gasteiger partial charge in [0.05, 0.1) is 11.0 Å². The Labute approximate surface area is 123 Å². The third-order valence-corrected chi connectivity index (χ3v) is 3.86. The Morgan fingerprint density at radius 1 is 1.00 bits per heavy atom. The van der Waals surface area contributed by atoms with Gasteiger partial charge < -0.3 is 10.3 Å². The molecule has 0 saturated heterocycles. The van der Waals surface area contributed by atoms with Crippen molar-refractivity contribution in [2.24, 2.45) is 0 Å². The van der Waals surface area contributed by atoms with Crippen LogP contribution in [-0.4, -0.2) is 4.57 Å². The summed E-state index contributed by atoms with van der Waals surface area (Å²) in [7, 11) is 0. The molecule has 0 fully saturated rings. The van der Waals surface area contributed by atoms with Crippen LogP contribution in [-0.2, 0) is 0 Å². The van der Waals surface area contributed by atoms with Crippen LogP contribution < -0.4 is 5.73 Å². The molecule has 0 aliphatic heterocycles. The topological polar surface area (TPSA) is 30.9 Å². The van der Waals surface area contributed by atoms with Crippen LogP contribution in [0.4, 0.5) is 5.69 Å². The Morgan fingerprint density at radius 2 is 1.81 bits per heavy atom. The first kappa shape index (κ1) is 11.9. The van der Waals surface area contributed by atoms with Crippen LogP contribution in [0.1, 0.15) is 5.56 Å². The Bertz CT molecular complexity index is 950. The minimum Gasteiger partial charge on any atom is -0.390 e. The summed E-state index contributed by atoms with van der Waals surface area (Å²) in [5.74, 6) is 0. The maximum absolute atomic E-state index is 6.19. The highest BCUT2D eigenvalue weighted by atomic mass is 15.0. The number of nitrogen functional groups attached to an aromatic ring is 1. The van der Waals surface area contributed by atoms with Crippen molar-refractivity contribution in [3.8, 4) is 5.69 Å². The first-order valence-corrected chi connectivity index (χ1v) is 6.94. The molecule has 0 spiro atoms. The summed E-state index contributed by atoms with van der Waals surface area (Å²) in [5, 5.41) is 2.31. The van der Waals surface area contributed by atoms with E-state index in [0.717, 1.165) is 22.1 Å². The fourth-order valence-electron chi connectivity index (χ4n) is 2.92. The lowest BCUT2D eigenvalue weighted by molar-refractivity contribution is 1.18. The van der Waals surface area contributed by atoms with Crippen molar-refractivity contribution in [3.05, 3.63) is 72.3 Å². The molecule has 100 valence electrons. The molecule has 0 atom stereocenters. The molecule has 0 saturated carbocycles. The summed E-state index contributed by atoms with van der Waals surface area (Å²) >= 11 is 0. The average molecular weight is 270 g/mol. The summed E-state index contributed by atoms with van der Waals surface area (Å²) in [6.07, 6.45) is 0. The molecule has 0 unspecified atom stereocenters. The predicted octanol–water partition coefficient (Wildman–Crippen LogP) is 4.27. The lowest BCUT2D eigenvalue weighted by Crippen LogP contribution is -1.96. The second-order valence-corrected chi connectivity index (χ2v) is 5.28. The van der Waals surface area contributed by atoms with Gasteiger partial charge in [0, 0.05) is 16.5 Å². The van der Waals surface area contributed by atoms with Gasteiger partial charge in [-0.05, 0) is 42.8 Å². The number of anilines is 1. The van der Waals surface area contributed by atoms with E-state index in [1.165, 1.54) is 10.9 Å². The normalized spacial score (nSPS) is 10.9. The van der Waals surface area contributed by atoms with Crippen LogP contribution in [0.5, 0.6) is 0 Å². The molecule has 0 radical (unpaired) electrons. The number of aromatic nitrogens is 1. The molecule has 0 aliphatic carbocycles. The number of hydrogen-bond donors (Lipinski definition) is 1. The van der Waals surface area contributed by atoms with Crippen molar-refractivity contribution in [2.45, 2.75) is 6.92 Å². The van der Waals surface area contributed by atoms with Gasteiger partial charge in [0.25, 0.3) is 0 Å². The van der Waals surface area contributed by atoms with E-state index in [9.17, 15) is 0 Å². The first-order valence-electron chi connectivity index (χ1n) is 6.94. The van der Waals surface area contributed by atoms with Crippen molar-refractivity contribution in [1.29, 1.82) is 0 Å². The Kier molecular flexibility index (Phi) is 2.43. The van der Waals surface area contributed by atoms with Crippen molar-refractivity contribution in [3.63, 3.8) is 0 Å². The molecular weight excluding hydrogens is 256 g/mol. The maximum Gasteiger partial charge on any atom is 0.108 e. The van der Waals surface area contributed by atoms with Crippen LogP contribution >= 0.6 is 0 Å². The third kappa shape index (κ3) is 1.68. The van der Waals surface area contributed by atoms with E-state index in [1.54, 1.807) is 0 Å². The minimum absolute atomic E-state index is 0.630. The van der Waals surface area contributed by atoms with Gasteiger partial charge in [0.2, 0.25) is 0 Å². The fraction of sp³-hybridized carbons (Fsp3) is 0.0526. The second-order valence-electron chi connectivity index (χ2n) is 5.28.